The van der Waals surface area contributed by atoms with Crippen LogP contribution in [0.15, 0.2) is 48.9 Å². The number of Topliss-reactive ketones (excluding diaryl/α,β-unsaturated/α-hetero) is 1. The number of aromatic amines is 1. The molecule has 0 spiro atoms. The van der Waals surface area contributed by atoms with E-state index in [2.05, 4.69) is 19.9 Å². The number of aromatic nitrogens is 3. The molecule has 4 rings (SSSR count). The van der Waals surface area contributed by atoms with Crippen LogP contribution in [0.5, 0.6) is 0 Å². The number of aliphatic hydroxyl groups excluding tert-OH is 1. The minimum absolute atomic E-state index is 0.118. The van der Waals surface area contributed by atoms with E-state index in [0.717, 1.165) is 48.3 Å². The first-order valence-electron chi connectivity index (χ1n) is 9.48. The Bertz CT molecular complexity index is 909. The summed E-state index contributed by atoms with van der Waals surface area (Å²) in [6.07, 6.45) is 5.48. The van der Waals surface area contributed by atoms with E-state index in [1.54, 1.807) is 6.33 Å². The fourth-order valence-electron chi connectivity index (χ4n) is 3.95. The highest BCUT2D eigenvalue weighted by Crippen LogP contribution is 2.29. The van der Waals surface area contributed by atoms with Crippen molar-refractivity contribution in [1.82, 2.24) is 15.0 Å². The molecule has 1 aliphatic rings. The summed E-state index contributed by atoms with van der Waals surface area (Å²) in [6.45, 7) is 1.75. The fraction of sp³-hybridized carbons (Fsp3) is 0.381. The first-order chi connectivity index (χ1) is 13.2. The highest BCUT2D eigenvalue weighted by Gasteiger charge is 2.25. The number of piperidine rings is 1. The Balaban J connectivity index is 1.38. The third-order valence-electron chi connectivity index (χ3n) is 5.27. The number of nitrogens with one attached hydrogen (secondary N) is 1. The predicted octanol–water partition coefficient (Wildman–Crippen LogP) is 3.26. The molecule has 2 aromatic heterocycles. The Morgan fingerprint density at radius 2 is 2.11 bits per heavy atom. The summed E-state index contributed by atoms with van der Waals surface area (Å²) < 4.78 is 0. The largest absolute Gasteiger partial charge is 0.388 e. The predicted molar refractivity (Wildman–Crippen MR) is 104 cm³/mol. The van der Waals surface area contributed by atoms with E-state index in [9.17, 15) is 9.90 Å². The second kappa shape index (κ2) is 7.88. The Labute approximate surface area is 158 Å². The lowest BCUT2D eigenvalue weighted by molar-refractivity contribution is -0.122. The summed E-state index contributed by atoms with van der Waals surface area (Å²) in [5.74, 6) is 1.34. The normalized spacial score (nSPS) is 18.6. The smallest absolute Gasteiger partial charge is 0.142 e. The third kappa shape index (κ3) is 4.01. The Kier molecular flexibility index (Phi) is 5.16. The number of H-pyrrole nitrogens is 1. The molecule has 0 radical (unpaired) electrons. The van der Waals surface area contributed by atoms with E-state index in [0.29, 0.717) is 6.42 Å². The molecule has 0 aliphatic carbocycles. The highest BCUT2D eigenvalue weighted by molar-refractivity contribution is 5.87. The maximum Gasteiger partial charge on any atom is 0.142 e. The van der Waals surface area contributed by atoms with E-state index in [4.69, 9.17) is 0 Å². The maximum atomic E-state index is 12.5. The number of fused-ring (bicyclic) bond motifs is 1. The molecule has 1 aromatic carbocycles. The number of rotatable bonds is 6. The second-order valence-electron chi connectivity index (χ2n) is 7.26. The molecule has 6 heteroatoms. The van der Waals surface area contributed by atoms with Gasteiger partial charge in [0, 0.05) is 32.1 Å². The topological polar surface area (TPSA) is 82.1 Å². The quantitative estimate of drug-likeness (QED) is 0.702. The van der Waals surface area contributed by atoms with E-state index in [-0.39, 0.29) is 18.1 Å². The molecule has 1 saturated heterocycles. The number of benzene rings is 1. The Hall–Kier alpha value is -2.73. The van der Waals surface area contributed by atoms with Gasteiger partial charge in [-0.3, -0.25) is 4.79 Å². The van der Waals surface area contributed by atoms with Crippen LogP contribution in [-0.2, 0) is 4.79 Å². The van der Waals surface area contributed by atoms with E-state index in [1.165, 1.54) is 0 Å². The standard InChI is InChI=1S/C21H24N4O2/c26-17(12-19(27)16-6-2-1-3-7-16)11-15-5-4-10-25(13-15)21-18-8-9-22-20(18)23-14-24-21/h1-3,6-9,14-15,19,27H,4-5,10-13H2,(H,22,23,24)/t15?,19-/m0/s1. The van der Waals surface area contributed by atoms with Gasteiger partial charge in [0.25, 0.3) is 0 Å². The maximum absolute atomic E-state index is 12.5. The van der Waals surface area contributed by atoms with Crippen LogP contribution < -0.4 is 4.90 Å². The molecule has 1 aliphatic heterocycles. The van der Waals surface area contributed by atoms with Gasteiger partial charge < -0.3 is 15.0 Å². The molecular weight excluding hydrogens is 340 g/mol. The van der Waals surface area contributed by atoms with E-state index >= 15 is 0 Å². The van der Waals surface area contributed by atoms with Gasteiger partial charge in [-0.2, -0.15) is 0 Å². The number of hydrogen-bond acceptors (Lipinski definition) is 5. The molecule has 140 valence electrons. The van der Waals surface area contributed by atoms with E-state index in [1.807, 2.05) is 42.6 Å². The summed E-state index contributed by atoms with van der Waals surface area (Å²) in [5, 5.41) is 11.3. The molecule has 2 N–H and O–H groups in total. The van der Waals surface area contributed by atoms with Crippen molar-refractivity contribution in [1.29, 1.82) is 0 Å². The van der Waals surface area contributed by atoms with Crippen LogP contribution >= 0.6 is 0 Å². The number of carbonyl (C=O) groups is 1. The number of aliphatic hydroxyl groups is 1. The second-order valence-corrected chi connectivity index (χ2v) is 7.26. The van der Waals surface area contributed by atoms with Gasteiger partial charge in [0.15, 0.2) is 0 Å². The lowest BCUT2D eigenvalue weighted by atomic mass is 9.90. The van der Waals surface area contributed by atoms with Gasteiger partial charge in [0.2, 0.25) is 0 Å². The number of ketones is 1. The van der Waals surface area contributed by atoms with Gasteiger partial charge in [0.1, 0.15) is 23.6 Å². The number of anilines is 1. The number of carbonyl (C=O) groups excluding carboxylic acids is 1. The van der Waals surface area contributed by atoms with E-state index < -0.39 is 6.10 Å². The Morgan fingerprint density at radius 3 is 2.96 bits per heavy atom. The van der Waals surface area contributed by atoms with Crippen molar-refractivity contribution in [3.05, 3.63) is 54.5 Å². The summed E-state index contributed by atoms with van der Waals surface area (Å²) in [5.41, 5.74) is 1.64. The number of nitrogens with zero attached hydrogens (tertiary/aromatic N) is 3. The lowest BCUT2D eigenvalue weighted by Crippen LogP contribution is -2.37. The SMILES string of the molecule is O=C(CC1CCCN(c2ncnc3[nH]ccc23)C1)C[C@H](O)c1ccccc1. The zero-order valence-electron chi connectivity index (χ0n) is 15.2. The summed E-state index contributed by atoms with van der Waals surface area (Å²) in [6, 6.07) is 11.4. The molecular formula is C21H24N4O2. The van der Waals surface area contributed by atoms with Crippen molar-refractivity contribution in [2.75, 3.05) is 18.0 Å². The van der Waals surface area contributed by atoms with Crippen LogP contribution in [0.25, 0.3) is 11.0 Å². The molecule has 0 saturated carbocycles. The molecule has 3 heterocycles. The fourth-order valence-corrected chi connectivity index (χ4v) is 3.95. The molecule has 1 unspecified atom stereocenters. The van der Waals surface area contributed by atoms with Crippen LogP contribution in [0.4, 0.5) is 5.82 Å². The third-order valence-corrected chi connectivity index (χ3v) is 5.27. The van der Waals surface area contributed by atoms with Crippen molar-refractivity contribution in [3.8, 4) is 0 Å². The first kappa shape index (κ1) is 17.7. The zero-order valence-corrected chi connectivity index (χ0v) is 15.2. The minimum atomic E-state index is -0.722. The highest BCUT2D eigenvalue weighted by atomic mass is 16.3. The summed E-state index contributed by atoms with van der Waals surface area (Å²) >= 11 is 0. The molecule has 3 aromatic rings. The molecule has 1 fully saturated rings. The van der Waals surface area contributed by atoms with Gasteiger partial charge in [-0.1, -0.05) is 30.3 Å². The number of hydrogen-bond donors (Lipinski definition) is 2. The Morgan fingerprint density at radius 1 is 1.26 bits per heavy atom. The van der Waals surface area contributed by atoms with Crippen molar-refractivity contribution in [2.45, 2.75) is 31.8 Å². The van der Waals surface area contributed by atoms with Crippen molar-refractivity contribution < 1.29 is 9.90 Å². The first-order valence-corrected chi connectivity index (χ1v) is 9.48. The summed E-state index contributed by atoms with van der Waals surface area (Å²) in [4.78, 5) is 26.6. The van der Waals surface area contributed by atoms with Gasteiger partial charge in [0.05, 0.1) is 11.5 Å². The summed E-state index contributed by atoms with van der Waals surface area (Å²) in [7, 11) is 0. The average molecular weight is 364 g/mol. The van der Waals surface area contributed by atoms with Crippen LogP contribution in [0.1, 0.15) is 37.4 Å². The molecule has 27 heavy (non-hydrogen) atoms. The van der Waals surface area contributed by atoms with Gasteiger partial charge in [-0.05, 0) is 30.4 Å². The minimum Gasteiger partial charge on any atom is -0.388 e. The van der Waals surface area contributed by atoms with Gasteiger partial charge in [-0.25, -0.2) is 9.97 Å². The monoisotopic (exact) mass is 364 g/mol. The van der Waals surface area contributed by atoms with Crippen LogP contribution in [0.2, 0.25) is 0 Å². The van der Waals surface area contributed by atoms with Gasteiger partial charge in [-0.15, -0.1) is 0 Å². The molecule has 0 bridgehead atoms. The van der Waals surface area contributed by atoms with Crippen molar-refractivity contribution in [3.63, 3.8) is 0 Å². The van der Waals surface area contributed by atoms with Crippen LogP contribution in [0, 0.1) is 5.92 Å². The molecule has 2 atom stereocenters. The molecule has 0 amide bonds. The zero-order chi connectivity index (χ0) is 18.6. The van der Waals surface area contributed by atoms with Crippen LogP contribution in [0.3, 0.4) is 0 Å². The van der Waals surface area contributed by atoms with Crippen LogP contribution in [-0.4, -0.2) is 38.9 Å². The lowest BCUT2D eigenvalue weighted by Gasteiger charge is -2.33. The van der Waals surface area contributed by atoms with Gasteiger partial charge >= 0.3 is 0 Å². The molecule has 6 nitrogen and oxygen atoms in total. The average Bonchev–Trinajstić information content (AvgIpc) is 3.17. The van der Waals surface area contributed by atoms with Crippen molar-refractivity contribution in [2.24, 2.45) is 5.92 Å². The van der Waals surface area contributed by atoms with Crippen molar-refractivity contribution >= 4 is 22.6 Å².